The summed E-state index contributed by atoms with van der Waals surface area (Å²) in [5.41, 5.74) is 4.11. The molecule has 2 heteroatoms. The normalized spacial score (nSPS) is 17.3. The van der Waals surface area contributed by atoms with Gasteiger partial charge in [-0.2, -0.15) is 0 Å². The van der Waals surface area contributed by atoms with Gasteiger partial charge in [0.25, 0.3) is 0 Å². The largest absolute Gasteiger partial charge is 0.392 e. The van der Waals surface area contributed by atoms with Crippen LogP contribution in [0.1, 0.15) is 25.0 Å². The van der Waals surface area contributed by atoms with Crippen LogP contribution in [-0.2, 0) is 5.41 Å². The summed E-state index contributed by atoms with van der Waals surface area (Å²) in [5.74, 6) is 0. The first kappa shape index (κ1) is 11.3. The van der Waals surface area contributed by atoms with E-state index in [1.807, 2.05) is 31.2 Å². The molecule has 1 aliphatic rings. The summed E-state index contributed by atoms with van der Waals surface area (Å²) in [5, 5.41) is 13.7. The van der Waals surface area contributed by atoms with Crippen molar-refractivity contribution in [1.29, 1.82) is 0 Å². The van der Waals surface area contributed by atoms with Crippen LogP contribution in [0, 0.1) is 0 Å². The summed E-state index contributed by atoms with van der Waals surface area (Å²) >= 11 is 0. The van der Waals surface area contributed by atoms with E-state index in [-0.39, 0.29) is 5.41 Å². The Morgan fingerprint density at radius 3 is 1.83 bits per heavy atom. The smallest absolute Gasteiger partial charge is 0.0648 e. The second-order valence-corrected chi connectivity index (χ2v) is 5.09. The molecule has 0 radical (unpaired) electrons. The van der Waals surface area contributed by atoms with Crippen molar-refractivity contribution in [1.82, 2.24) is 0 Å². The summed E-state index contributed by atoms with van der Waals surface area (Å²) in [6.07, 6.45) is -0.443. The highest BCUT2D eigenvalue weighted by Crippen LogP contribution is 2.47. The molecule has 0 bridgehead atoms. The van der Waals surface area contributed by atoms with Crippen LogP contribution in [0.25, 0.3) is 0 Å². The van der Waals surface area contributed by atoms with Gasteiger partial charge >= 0.3 is 0 Å². The first-order chi connectivity index (χ1) is 8.64. The molecule has 0 spiro atoms. The Labute approximate surface area is 107 Å². The Morgan fingerprint density at radius 1 is 0.944 bits per heavy atom. The van der Waals surface area contributed by atoms with E-state index in [1.165, 1.54) is 0 Å². The minimum atomic E-state index is -0.443. The Bertz CT molecular complexity index is 544. The SMILES string of the molecule is CC(O)C1(C)c2ccccc2Nc2ccccc21. The standard InChI is InChI=1S/C16H17NO/c1-11(18)16(2)12-7-3-5-9-14(12)17-15-10-6-4-8-13(15)16/h3-11,17-18H,1-2H3. The molecule has 0 saturated heterocycles. The van der Waals surface area contributed by atoms with Crippen LogP contribution in [0.15, 0.2) is 48.5 Å². The molecule has 0 aliphatic carbocycles. The number of rotatable bonds is 1. The maximum atomic E-state index is 10.3. The van der Waals surface area contributed by atoms with Crippen molar-refractivity contribution in [3.63, 3.8) is 0 Å². The molecule has 2 aromatic rings. The molecule has 3 rings (SSSR count). The topological polar surface area (TPSA) is 32.3 Å². The fourth-order valence-electron chi connectivity index (χ4n) is 2.83. The van der Waals surface area contributed by atoms with Crippen LogP contribution in [-0.4, -0.2) is 11.2 Å². The van der Waals surface area contributed by atoms with Crippen LogP contribution < -0.4 is 5.32 Å². The highest BCUT2D eigenvalue weighted by molar-refractivity contribution is 5.75. The number of hydrogen-bond acceptors (Lipinski definition) is 2. The molecule has 0 fully saturated rings. The third-order valence-electron chi connectivity index (χ3n) is 4.08. The van der Waals surface area contributed by atoms with Crippen molar-refractivity contribution in [2.75, 3.05) is 5.32 Å². The number of aliphatic hydroxyl groups is 1. The van der Waals surface area contributed by atoms with E-state index in [4.69, 9.17) is 0 Å². The van der Waals surface area contributed by atoms with E-state index < -0.39 is 6.10 Å². The van der Waals surface area contributed by atoms with Gasteiger partial charge in [0, 0.05) is 16.8 Å². The van der Waals surface area contributed by atoms with Gasteiger partial charge in [0.2, 0.25) is 0 Å². The van der Waals surface area contributed by atoms with E-state index in [1.54, 1.807) is 0 Å². The second kappa shape index (κ2) is 3.85. The van der Waals surface area contributed by atoms with E-state index in [9.17, 15) is 5.11 Å². The van der Waals surface area contributed by atoms with Gasteiger partial charge in [0.05, 0.1) is 6.10 Å². The monoisotopic (exact) mass is 239 g/mol. The van der Waals surface area contributed by atoms with Crippen molar-refractivity contribution in [2.24, 2.45) is 0 Å². The van der Waals surface area contributed by atoms with E-state index in [0.29, 0.717) is 0 Å². The average Bonchev–Trinajstić information content (AvgIpc) is 2.39. The van der Waals surface area contributed by atoms with Gasteiger partial charge in [-0.3, -0.25) is 0 Å². The number of aliphatic hydroxyl groups excluding tert-OH is 1. The minimum absolute atomic E-state index is 0.363. The molecule has 2 N–H and O–H groups in total. The van der Waals surface area contributed by atoms with Gasteiger partial charge in [-0.25, -0.2) is 0 Å². The molecule has 2 aromatic carbocycles. The van der Waals surface area contributed by atoms with E-state index in [2.05, 4.69) is 36.5 Å². The zero-order chi connectivity index (χ0) is 12.8. The van der Waals surface area contributed by atoms with Crippen LogP contribution in [0.4, 0.5) is 11.4 Å². The lowest BCUT2D eigenvalue weighted by atomic mass is 9.69. The average molecular weight is 239 g/mol. The highest BCUT2D eigenvalue weighted by atomic mass is 16.3. The zero-order valence-electron chi connectivity index (χ0n) is 10.6. The molecular formula is C16H17NO. The molecule has 1 heterocycles. The molecule has 1 unspecified atom stereocenters. The van der Waals surface area contributed by atoms with Crippen molar-refractivity contribution in [2.45, 2.75) is 25.4 Å². The fourth-order valence-corrected chi connectivity index (χ4v) is 2.83. The summed E-state index contributed by atoms with van der Waals surface area (Å²) < 4.78 is 0. The van der Waals surface area contributed by atoms with Crippen LogP contribution in [0.5, 0.6) is 0 Å². The third kappa shape index (κ3) is 1.39. The molecule has 0 aromatic heterocycles. The quantitative estimate of drug-likeness (QED) is 0.799. The van der Waals surface area contributed by atoms with E-state index >= 15 is 0 Å². The third-order valence-corrected chi connectivity index (χ3v) is 4.08. The van der Waals surface area contributed by atoms with Gasteiger partial charge in [-0.15, -0.1) is 0 Å². The van der Waals surface area contributed by atoms with E-state index in [0.717, 1.165) is 22.5 Å². The molecular weight excluding hydrogens is 222 g/mol. The number of nitrogens with one attached hydrogen (secondary N) is 1. The Morgan fingerprint density at radius 2 is 1.39 bits per heavy atom. The Hall–Kier alpha value is -1.80. The van der Waals surface area contributed by atoms with Crippen LogP contribution >= 0.6 is 0 Å². The minimum Gasteiger partial charge on any atom is -0.392 e. The Kier molecular flexibility index (Phi) is 2.42. The van der Waals surface area contributed by atoms with Crippen molar-refractivity contribution in [3.05, 3.63) is 59.7 Å². The number of benzene rings is 2. The lowest BCUT2D eigenvalue weighted by molar-refractivity contribution is 0.129. The van der Waals surface area contributed by atoms with Crippen molar-refractivity contribution in [3.8, 4) is 0 Å². The van der Waals surface area contributed by atoms with Crippen molar-refractivity contribution < 1.29 is 5.11 Å². The second-order valence-electron chi connectivity index (χ2n) is 5.09. The fraction of sp³-hybridized carbons (Fsp3) is 0.250. The summed E-state index contributed by atoms with van der Waals surface area (Å²) in [4.78, 5) is 0. The van der Waals surface area contributed by atoms with Gasteiger partial charge < -0.3 is 10.4 Å². The maximum Gasteiger partial charge on any atom is 0.0648 e. The predicted molar refractivity (Wildman–Crippen MR) is 74.3 cm³/mol. The van der Waals surface area contributed by atoms with Crippen LogP contribution in [0.3, 0.4) is 0 Å². The lowest BCUT2D eigenvalue weighted by Gasteiger charge is -2.40. The van der Waals surface area contributed by atoms with Crippen molar-refractivity contribution >= 4 is 11.4 Å². The highest BCUT2D eigenvalue weighted by Gasteiger charge is 2.40. The zero-order valence-corrected chi connectivity index (χ0v) is 10.6. The van der Waals surface area contributed by atoms with Gasteiger partial charge in [0.15, 0.2) is 0 Å². The van der Waals surface area contributed by atoms with Gasteiger partial charge in [-0.05, 0) is 37.1 Å². The predicted octanol–water partition coefficient (Wildman–Crippen LogP) is 3.43. The molecule has 0 amide bonds. The first-order valence-corrected chi connectivity index (χ1v) is 6.28. The number of para-hydroxylation sites is 2. The maximum absolute atomic E-state index is 10.3. The first-order valence-electron chi connectivity index (χ1n) is 6.28. The molecule has 2 nitrogen and oxygen atoms in total. The molecule has 92 valence electrons. The number of anilines is 2. The summed E-state index contributed by atoms with van der Waals surface area (Å²) in [6, 6.07) is 16.4. The molecule has 0 saturated carbocycles. The lowest BCUT2D eigenvalue weighted by Crippen LogP contribution is -2.39. The Balaban J connectivity index is 2.31. The summed E-state index contributed by atoms with van der Waals surface area (Å²) in [6.45, 7) is 3.97. The molecule has 1 aliphatic heterocycles. The van der Waals surface area contributed by atoms with Gasteiger partial charge in [0.1, 0.15) is 0 Å². The molecule has 1 atom stereocenters. The van der Waals surface area contributed by atoms with Crippen LogP contribution in [0.2, 0.25) is 0 Å². The number of hydrogen-bond donors (Lipinski definition) is 2. The van der Waals surface area contributed by atoms with Gasteiger partial charge in [-0.1, -0.05) is 36.4 Å². The number of fused-ring (bicyclic) bond motifs is 2. The summed E-state index contributed by atoms with van der Waals surface area (Å²) in [7, 11) is 0. The molecule has 18 heavy (non-hydrogen) atoms.